The zero-order valence-electron chi connectivity index (χ0n) is 11.7. The summed E-state index contributed by atoms with van der Waals surface area (Å²) in [5.74, 6) is -1.64. The van der Waals surface area contributed by atoms with Crippen LogP contribution in [-0.4, -0.2) is 29.9 Å². The van der Waals surface area contributed by atoms with Crippen molar-refractivity contribution in [2.24, 2.45) is 0 Å². The van der Waals surface area contributed by atoms with Gasteiger partial charge in [0.2, 0.25) is 0 Å². The Labute approximate surface area is 122 Å². The summed E-state index contributed by atoms with van der Waals surface area (Å²) in [5, 5.41) is 21.0. The third-order valence-corrected chi connectivity index (χ3v) is 3.37. The summed E-state index contributed by atoms with van der Waals surface area (Å²) in [6, 6.07) is 3.60. The number of nitrogens with one attached hydrogen (secondary N) is 4. The van der Waals surface area contributed by atoms with E-state index in [0.717, 1.165) is 38.1 Å². The van der Waals surface area contributed by atoms with Crippen LogP contribution in [0.4, 0.5) is 8.78 Å². The molecule has 1 saturated heterocycles. The quantitative estimate of drug-likeness (QED) is 0.498. The minimum Gasteiger partial charge on any atom is -0.352 e. The fraction of sp³-hybridized carbons (Fsp3) is 0.429. The number of nitrogens with zero attached hydrogens (tertiary/aromatic N) is 1. The maximum Gasteiger partial charge on any atom is 0.197 e. The van der Waals surface area contributed by atoms with Crippen LogP contribution in [0.15, 0.2) is 18.2 Å². The van der Waals surface area contributed by atoms with E-state index in [2.05, 4.69) is 10.6 Å². The number of piperidine rings is 1. The Hall–Kier alpha value is -2.18. The van der Waals surface area contributed by atoms with Crippen LogP contribution in [0.1, 0.15) is 24.8 Å². The standard InChI is InChI=1S/C14H19F2N5/c15-11-5-4-10(8-12(11)16)9-19-13(17)20-14(18)21-6-2-1-3-7-21/h4-5,8H,1-3,6-7,9H2,(H4,17,18,19,20). The van der Waals surface area contributed by atoms with Gasteiger partial charge in [-0.05, 0) is 37.0 Å². The molecule has 1 aromatic carbocycles. The summed E-state index contributed by atoms with van der Waals surface area (Å²) in [6.45, 7) is 1.83. The number of hydrogen-bond acceptors (Lipinski definition) is 2. The number of hydrogen-bond donors (Lipinski definition) is 4. The molecule has 1 aliphatic rings. The summed E-state index contributed by atoms with van der Waals surface area (Å²) in [5.41, 5.74) is 0.532. The van der Waals surface area contributed by atoms with Crippen molar-refractivity contribution in [3.63, 3.8) is 0 Å². The lowest BCUT2D eigenvalue weighted by molar-refractivity contribution is 0.334. The number of likely N-dealkylation sites (tertiary alicyclic amines) is 1. The lowest BCUT2D eigenvalue weighted by Crippen LogP contribution is -2.49. The molecule has 114 valence electrons. The van der Waals surface area contributed by atoms with Crippen LogP contribution in [0.3, 0.4) is 0 Å². The summed E-state index contributed by atoms with van der Waals surface area (Å²) in [7, 11) is 0. The van der Waals surface area contributed by atoms with Crippen LogP contribution in [-0.2, 0) is 6.54 Å². The monoisotopic (exact) mass is 295 g/mol. The van der Waals surface area contributed by atoms with Crippen LogP contribution < -0.4 is 10.6 Å². The highest BCUT2D eigenvalue weighted by atomic mass is 19.2. The van der Waals surface area contributed by atoms with E-state index in [9.17, 15) is 8.78 Å². The summed E-state index contributed by atoms with van der Waals surface area (Å²) in [4.78, 5) is 1.89. The molecule has 5 nitrogen and oxygen atoms in total. The lowest BCUT2D eigenvalue weighted by atomic mass is 10.1. The van der Waals surface area contributed by atoms with E-state index < -0.39 is 11.6 Å². The molecule has 0 spiro atoms. The molecule has 2 rings (SSSR count). The van der Waals surface area contributed by atoms with Crippen LogP contribution in [0, 0.1) is 22.5 Å². The Kier molecular flexibility index (Phi) is 5.08. The molecule has 0 unspecified atom stereocenters. The van der Waals surface area contributed by atoms with Crippen molar-refractivity contribution in [3.8, 4) is 0 Å². The predicted molar refractivity (Wildman–Crippen MR) is 77.2 cm³/mol. The SMILES string of the molecule is N=C(NCc1ccc(F)c(F)c1)NC(=N)N1CCCCC1. The zero-order valence-corrected chi connectivity index (χ0v) is 11.7. The largest absolute Gasteiger partial charge is 0.352 e. The number of guanidine groups is 2. The Bertz CT molecular complexity index is 526. The van der Waals surface area contributed by atoms with Gasteiger partial charge < -0.3 is 10.2 Å². The first-order valence-electron chi connectivity index (χ1n) is 6.93. The van der Waals surface area contributed by atoms with Crippen molar-refractivity contribution in [2.75, 3.05) is 13.1 Å². The maximum atomic E-state index is 13.0. The summed E-state index contributed by atoms with van der Waals surface area (Å²) < 4.78 is 25.8. The number of rotatable bonds is 2. The molecule has 0 amide bonds. The normalized spacial score (nSPS) is 14.7. The van der Waals surface area contributed by atoms with Crippen LogP contribution in [0.5, 0.6) is 0 Å². The van der Waals surface area contributed by atoms with E-state index in [1.165, 1.54) is 12.5 Å². The van der Waals surface area contributed by atoms with Crippen molar-refractivity contribution in [1.82, 2.24) is 15.5 Å². The van der Waals surface area contributed by atoms with Gasteiger partial charge in [-0.3, -0.25) is 16.1 Å². The molecule has 0 radical (unpaired) electrons. The summed E-state index contributed by atoms with van der Waals surface area (Å²) >= 11 is 0. The van der Waals surface area contributed by atoms with Gasteiger partial charge in [0.25, 0.3) is 0 Å². The summed E-state index contributed by atoms with van der Waals surface area (Å²) in [6.07, 6.45) is 3.29. The molecule has 21 heavy (non-hydrogen) atoms. The third-order valence-electron chi connectivity index (χ3n) is 3.37. The molecule has 7 heteroatoms. The topological polar surface area (TPSA) is 75.0 Å². The maximum absolute atomic E-state index is 13.0. The van der Waals surface area contributed by atoms with Gasteiger partial charge in [-0.1, -0.05) is 6.07 Å². The van der Waals surface area contributed by atoms with Gasteiger partial charge >= 0.3 is 0 Å². The van der Waals surface area contributed by atoms with Gasteiger partial charge in [0.15, 0.2) is 23.6 Å². The molecule has 0 saturated carbocycles. The van der Waals surface area contributed by atoms with E-state index in [1.807, 2.05) is 4.90 Å². The van der Waals surface area contributed by atoms with Crippen LogP contribution >= 0.6 is 0 Å². The van der Waals surface area contributed by atoms with E-state index in [4.69, 9.17) is 10.8 Å². The molecule has 0 bridgehead atoms. The highest BCUT2D eigenvalue weighted by Crippen LogP contribution is 2.09. The number of benzene rings is 1. The Balaban J connectivity index is 1.78. The van der Waals surface area contributed by atoms with Crippen molar-refractivity contribution in [3.05, 3.63) is 35.4 Å². The first kappa shape index (κ1) is 15.2. The second-order valence-corrected chi connectivity index (χ2v) is 5.00. The fourth-order valence-electron chi connectivity index (χ4n) is 2.20. The van der Waals surface area contributed by atoms with Crippen molar-refractivity contribution in [2.45, 2.75) is 25.8 Å². The second kappa shape index (κ2) is 7.01. The molecule has 4 N–H and O–H groups in total. The Morgan fingerprint density at radius 3 is 2.48 bits per heavy atom. The molecule has 1 aliphatic heterocycles. The second-order valence-electron chi connectivity index (χ2n) is 5.00. The van der Waals surface area contributed by atoms with E-state index in [0.29, 0.717) is 5.56 Å². The van der Waals surface area contributed by atoms with E-state index in [-0.39, 0.29) is 18.5 Å². The van der Waals surface area contributed by atoms with E-state index in [1.54, 1.807) is 0 Å². The highest BCUT2D eigenvalue weighted by Gasteiger charge is 2.14. The van der Waals surface area contributed by atoms with Gasteiger partial charge in [-0.15, -0.1) is 0 Å². The van der Waals surface area contributed by atoms with Gasteiger partial charge in [0, 0.05) is 19.6 Å². The van der Waals surface area contributed by atoms with E-state index >= 15 is 0 Å². The predicted octanol–water partition coefficient (Wildman–Crippen LogP) is 2.00. The molecular formula is C14H19F2N5. The highest BCUT2D eigenvalue weighted by molar-refractivity contribution is 5.95. The smallest absolute Gasteiger partial charge is 0.197 e. The molecule has 0 atom stereocenters. The first-order valence-corrected chi connectivity index (χ1v) is 6.93. The van der Waals surface area contributed by atoms with Gasteiger partial charge in [0.1, 0.15) is 0 Å². The average Bonchev–Trinajstić information content (AvgIpc) is 2.49. The van der Waals surface area contributed by atoms with Crippen LogP contribution in [0.25, 0.3) is 0 Å². The Morgan fingerprint density at radius 1 is 1.10 bits per heavy atom. The average molecular weight is 295 g/mol. The molecular weight excluding hydrogens is 276 g/mol. The van der Waals surface area contributed by atoms with Crippen molar-refractivity contribution >= 4 is 11.9 Å². The van der Waals surface area contributed by atoms with Gasteiger partial charge in [-0.25, -0.2) is 8.78 Å². The zero-order chi connectivity index (χ0) is 15.2. The lowest BCUT2D eigenvalue weighted by Gasteiger charge is -2.29. The fourth-order valence-corrected chi connectivity index (χ4v) is 2.20. The van der Waals surface area contributed by atoms with Crippen molar-refractivity contribution in [1.29, 1.82) is 10.8 Å². The molecule has 1 fully saturated rings. The van der Waals surface area contributed by atoms with Gasteiger partial charge in [-0.2, -0.15) is 0 Å². The third kappa shape index (κ3) is 4.40. The molecule has 0 aromatic heterocycles. The Morgan fingerprint density at radius 2 is 1.81 bits per heavy atom. The minimum absolute atomic E-state index is 0.0321. The molecule has 1 aromatic rings. The van der Waals surface area contributed by atoms with Crippen molar-refractivity contribution < 1.29 is 8.78 Å². The molecule has 1 heterocycles. The van der Waals surface area contributed by atoms with Gasteiger partial charge in [0.05, 0.1) is 0 Å². The number of halogens is 2. The molecule has 0 aliphatic carbocycles. The minimum atomic E-state index is -0.908. The van der Waals surface area contributed by atoms with Crippen LogP contribution in [0.2, 0.25) is 0 Å². The first-order chi connectivity index (χ1) is 10.1.